The summed E-state index contributed by atoms with van der Waals surface area (Å²) < 4.78 is 0. The Morgan fingerprint density at radius 2 is 1.94 bits per heavy atom. The first-order chi connectivity index (χ1) is 14.8. The van der Waals surface area contributed by atoms with E-state index in [9.17, 15) is 20.2 Å². The third-order valence-electron chi connectivity index (χ3n) is 5.83. The molecule has 0 radical (unpaired) electrons. The lowest BCUT2D eigenvalue weighted by Gasteiger charge is -2.40. The predicted octanol–water partition coefficient (Wildman–Crippen LogP) is 4.86. The van der Waals surface area contributed by atoms with Crippen molar-refractivity contribution in [2.24, 2.45) is 5.73 Å². The zero-order valence-corrected chi connectivity index (χ0v) is 17.5. The van der Waals surface area contributed by atoms with Crippen LogP contribution in [0.15, 0.2) is 65.1 Å². The van der Waals surface area contributed by atoms with Crippen LogP contribution in [0, 0.1) is 28.4 Å². The summed E-state index contributed by atoms with van der Waals surface area (Å²) in [7, 11) is 0. The maximum Gasteiger partial charge on any atom is 0.269 e. The van der Waals surface area contributed by atoms with Crippen LogP contribution >= 0.6 is 11.6 Å². The summed E-state index contributed by atoms with van der Waals surface area (Å²) >= 11 is 6.33. The van der Waals surface area contributed by atoms with Gasteiger partial charge >= 0.3 is 0 Å². The summed E-state index contributed by atoms with van der Waals surface area (Å²) in [5.41, 5.74) is 10.1. The number of non-ortho nitro benzene ring substituents is 1. The Bertz CT molecular complexity index is 1210. The number of nitrogens with zero attached hydrogens (tertiary/aromatic N) is 3. The van der Waals surface area contributed by atoms with Gasteiger partial charge in [0, 0.05) is 34.8 Å². The van der Waals surface area contributed by atoms with E-state index in [1.54, 1.807) is 29.2 Å². The number of anilines is 1. The first kappa shape index (κ1) is 20.6. The highest BCUT2D eigenvalue weighted by atomic mass is 35.5. The van der Waals surface area contributed by atoms with Crippen LogP contribution in [-0.2, 0) is 4.79 Å². The molecule has 0 aromatic heterocycles. The summed E-state index contributed by atoms with van der Waals surface area (Å²) in [5.74, 6) is -0.469. The number of nitriles is 1. The molecule has 1 unspecified atom stereocenters. The fourth-order valence-electron chi connectivity index (χ4n) is 4.32. The molecule has 0 spiro atoms. The van der Waals surface area contributed by atoms with Crippen molar-refractivity contribution in [2.75, 3.05) is 4.90 Å². The molecule has 2 aliphatic rings. The second-order valence-corrected chi connectivity index (χ2v) is 7.96. The molecule has 31 heavy (non-hydrogen) atoms. The number of ketones is 1. The van der Waals surface area contributed by atoms with E-state index in [0.29, 0.717) is 35.4 Å². The summed E-state index contributed by atoms with van der Waals surface area (Å²) in [6.07, 6.45) is 1.68. The smallest absolute Gasteiger partial charge is 0.269 e. The van der Waals surface area contributed by atoms with Crippen LogP contribution in [0.25, 0.3) is 0 Å². The molecule has 7 nitrogen and oxygen atoms in total. The highest BCUT2D eigenvalue weighted by Crippen LogP contribution is 2.47. The first-order valence-electron chi connectivity index (χ1n) is 9.80. The summed E-state index contributed by atoms with van der Waals surface area (Å²) in [5, 5.41) is 21.6. The van der Waals surface area contributed by atoms with E-state index in [-0.39, 0.29) is 22.9 Å². The van der Waals surface area contributed by atoms with Crippen molar-refractivity contribution in [1.29, 1.82) is 5.26 Å². The Labute approximate surface area is 184 Å². The van der Waals surface area contributed by atoms with Gasteiger partial charge in [0.25, 0.3) is 5.69 Å². The summed E-state index contributed by atoms with van der Waals surface area (Å²) in [6, 6.07) is 13.5. The largest absolute Gasteiger partial charge is 0.384 e. The van der Waals surface area contributed by atoms with Gasteiger partial charge in [-0.2, -0.15) is 5.26 Å². The molecule has 0 saturated heterocycles. The molecular weight excluding hydrogens is 416 g/mol. The molecule has 2 aromatic rings. The minimum atomic E-state index is -0.663. The lowest BCUT2D eigenvalue weighted by molar-refractivity contribution is -0.384. The van der Waals surface area contributed by atoms with Crippen LogP contribution in [0.2, 0.25) is 5.02 Å². The number of hydrogen-bond acceptors (Lipinski definition) is 6. The Morgan fingerprint density at radius 3 is 2.58 bits per heavy atom. The molecule has 8 heteroatoms. The van der Waals surface area contributed by atoms with Gasteiger partial charge in [-0.25, -0.2) is 0 Å². The number of benzene rings is 2. The SMILES string of the molecule is Cc1c(Cl)cccc1N1C(N)=C(C#N)C(c2ccc([N+](=O)[O-])cc2)C2=C1CCCC2=O. The molecule has 0 amide bonds. The van der Waals surface area contributed by atoms with E-state index < -0.39 is 10.8 Å². The second-order valence-electron chi connectivity index (χ2n) is 7.55. The van der Waals surface area contributed by atoms with Crippen molar-refractivity contribution in [1.82, 2.24) is 0 Å². The normalized spacial score (nSPS) is 18.7. The van der Waals surface area contributed by atoms with Crippen molar-refractivity contribution < 1.29 is 9.72 Å². The Hall–Kier alpha value is -3.63. The first-order valence-corrected chi connectivity index (χ1v) is 10.2. The van der Waals surface area contributed by atoms with Crippen molar-refractivity contribution in [3.05, 3.63) is 91.4 Å². The standard InChI is InChI=1S/C23H19ClN4O3/c1-13-17(24)4-2-5-18(13)27-19-6-3-7-20(29)22(19)21(16(12-25)23(27)26)14-8-10-15(11-9-14)28(30)31/h2,4-5,8-11,21H,3,6-7,26H2,1H3. The van der Waals surface area contributed by atoms with Gasteiger partial charge in [-0.1, -0.05) is 29.8 Å². The van der Waals surface area contributed by atoms with Gasteiger partial charge in [0.05, 0.1) is 28.2 Å². The molecule has 1 aliphatic carbocycles. The number of Topliss-reactive ketones (excluding diaryl/α,β-unsaturated/α-hetero) is 1. The molecule has 4 rings (SSSR count). The van der Waals surface area contributed by atoms with E-state index in [0.717, 1.165) is 16.9 Å². The fraction of sp³-hybridized carbons (Fsp3) is 0.217. The third-order valence-corrected chi connectivity index (χ3v) is 6.24. The lowest BCUT2D eigenvalue weighted by atomic mass is 9.75. The number of allylic oxidation sites excluding steroid dienone is 3. The van der Waals surface area contributed by atoms with E-state index in [1.165, 1.54) is 12.1 Å². The molecule has 156 valence electrons. The van der Waals surface area contributed by atoms with E-state index in [4.69, 9.17) is 17.3 Å². The minimum Gasteiger partial charge on any atom is -0.384 e. The molecule has 1 atom stereocenters. The van der Waals surface area contributed by atoms with Gasteiger partial charge in [-0.15, -0.1) is 0 Å². The Kier molecular flexibility index (Phi) is 5.25. The van der Waals surface area contributed by atoms with Crippen LogP contribution in [0.5, 0.6) is 0 Å². The van der Waals surface area contributed by atoms with Crippen molar-refractivity contribution in [3.63, 3.8) is 0 Å². The maximum atomic E-state index is 13.1. The summed E-state index contributed by atoms with van der Waals surface area (Å²) in [6.45, 7) is 1.87. The number of nitro groups is 1. The van der Waals surface area contributed by atoms with Gasteiger partial charge in [0.2, 0.25) is 0 Å². The van der Waals surface area contributed by atoms with Crippen LogP contribution in [-0.4, -0.2) is 10.7 Å². The number of carbonyl (C=O) groups is 1. The molecular formula is C23H19ClN4O3. The average Bonchev–Trinajstić information content (AvgIpc) is 2.75. The Morgan fingerprint density at radius 1 is 1.23 bits per heavy atom. The number of nitrogens with two attached hydrogens (primary N) is 1. The Balaban J connectivity index is 1.96. The number of carbonyl (C=O) groups excluding carboxylic acids is 1. The zero-order chi connectivity index (χ0) is 22.3. The molecule has 2 aromatic carbocycles. The molecule has 2 N–H and O–H groups in total. The highest BCUT2D eigenvalue weighted by molar-refractivity contribution is 6.31. The highest BCUT2D eigenvalue weighted by Gasteiger charge is 2.40. The van der Waals surface area contributed by atoms with Gasteiger partial charge in [-0.3, -0.25) is 19.8 Å². The topological polar surface area (TPSA) is 113 Å². The van der Waals surface area contributed by atoms with Gasteiger partial charge < -0.3 is 5.73 Å². The van der Waals surface area contributed by atoms with Crippen molar-refractivity contribution >= 4 is 28.8 Å². The number of rotatable bonds is 3. The number of nitro benzene ring substituents is 1. The summed E-state index contributed by atoms with van der Waals surface area (Å²) in [4.78, 5) is 25.4. The minimum absolute atomic E-state index is 0.0467. The van der Waals surface area contributed by atoms with Crippen LogP contribution in [0.1, 0.15) is 36.3 Å². The molecule has 1 aliphatic heterocycles. The number of halogens is 1. The van der Waals surface area contributed by atoms with E-state index in [1.807, 2.05) is 13.0 Å². The molecule has 0 saturated carbocycles. The molecule has 0 bridgehead atoms. The predicted molar refractivity (Wildman–Crippen MR) is 117 cm³/mol. The van der Waals surface area contributed by atoms with Gasteiger partial charge in [0.1, 0.15) is 5.82 Å². The second kappa shape index (κ2) is 7.89. The van der Waals surface area contributed by atoms with Crippen LogP contribution in [0.3, 0.4) is 0 Å². The van der Waals surface area contributed by atoms with Gasteiger partial charge in [0.15, 0.2) is 5.78 Å². The zero-order valence-electron chi connectivity index (χ0n) is 16.8. The quantitative estimate of drug-likeness (QED) is 0.545. The van der Waals surface area contributed by atoms with Crippen LogP contribution < -0.4 is 10.6 Å². The van der Waals surface area contributed by atoms with Crippen molar-refractivity contribution in [3.8, 4) is 6.07 Å². The van der Waals surface area contributed by atoms with Crippen LogP contribution in [0.4, 0.5) is 11.4 Å². The average molecular weight is 435 g/mol. The monoisotopic (exact) mass is 434 g/mol. The van der Waals surface area contributed by atoms with Gasteiger partial charge in [-0.05, 0) is 43.0 Å². The molecule has 1 heterocycles. The van der Waals surface area contributed by atoms with E-state index in [2.05, 4.69) is 6.07 Å². The number of hydrogen-bond donors (Lipinski definition) is 1. The van der Waals surface area contributed by atoms with Crippen molar-refractivity contribution in [2.45, 2.75) is 32.1 Å². The lowest BCUT2D eigenvalue weighted by Crippen LogP contribution is -2.39. The molecule has 0 fully saturated rings. The van der Waals surface area contributed by atoms with E-state index >= 15 is 0 Å². The fourth-order valence-corrected chi connectivity index (χ4v) is 4.49. The maximum absolute atomic E-state index is 13.1. The third kappa shape index (κ3) is 3.35.